The van der Waals surface area contributed by atoms with E-state index in [1.165, 1.54) is 19.6 Å². The van der Waals surface area contributed by atoms with Crippen LogP contribution in [0.1, 0.15) is 56.8 Å². The Morgan fingerprint density at radius 3 is 2.29 bits per heavy atom. The maximum Gasteiger partial charge on any atom is 0.0656 e. The number of halogens is 1. The van der Waals surface area contributed by atoms with Crippen molar-refractivity contribution in [2.45, 2.75) is 45.6 Å². The summed E-state index contributed by atoms with van der Waals surface area (Å²) in [7, 11) is 0. The molecule has 3 heteroatoms. The summed E-state index contributed by atoms with van der Waals surface area (Å²) in [5.74, 6) is 0. The zero-order valence-electron chi connectivity index (χ0n) is 13.2. The monoisotopic (exact) mass is 413 g/mol. The molecule has 2 rings (SSSR count). The van der Waals surface area contributed by atoms with E-state index in [9.17, 15) is 0 Å². The molecular formula is C18H24INS. The summed E-state index contributed by atoms with van der Waals surface area (Å²) in [5, 5.41) is 5.95. The highest BCUT2D eigenvalue weighted by Crippen LogP contribution is 2.29. The Kier molecular flexibility index (Phi) is 5.86. The van der Waals surface area contributed by atoms with Crippen LogP contribution in [0.2, 0.25) is 0 Å². The zero-order chi connectivity index (χ0) is 15.5. The van der Waals surface area contributed by atoms with Crippen LogP contribution in [0.15, 0.2) is 35.7 Å². The molecule has 0 aliphatic heterocycles. The fourth-order valence-electron chi connectivity index (χ4n) is 2.37. The Morgan fingerprint density at radius 2 is 1.81 bits per heavy atom. The Bertz CT molecular complexity index is 566. The first-order valence-electron chi connectivity index (χ1n) is 7.49. The van der Waals surface area contributed by atoms with Crippen molar-refractivity contribution in [3.63, 3.8) is 0 Å². The van der Waals surface area contributed by atoms with Crippen molar-refractivity contribution in [2.24, 2.45) is 0 Å². The normalized spacial score (nSPS) is 13.4. The quantitative estimate of drug-likeness (QED) is 0.617. The first kappa shape index (κ1) is 17.0. The van der Waals surface area contributed by atoms with Crippen LogP contribution < -0.4 is 5.32 Å². The second-order valence-corrected chi connectivity index (χ2v) is 9.25. The largest absolute Gasteiger partial charge is 0.306 e. The third-order valence-electron chi connectivity index (χ3n) is 3.63. The van der Waals surface area contributed by atoms with E-state index in [0.717, 1.165) is 13.0 Å². The SMILES string of the molecule is CCCNC(c1ccc(C(C)(C)C)cc1)c1csc(I)c1. The van der Waals surface area contributed by atoms with Gasteiger partial charge in [0.15, 0.2) is 0 Å². The van der Waals surface area contributed by atoms with E-state index in [4.69, 9.17) is 0 Å². The molecule has 1 aromatic carbocycles. The van der Waals surface area contributed by atoms with Crippen LogP contribution in [0.4, 0.5) is 0 Å². The second kappa shape index (κ2) is 7.25. The number of hydrogen-bond acceptors (Lipinski definition) is 2. The maximum atomic E-state index is 3.68. The van der Waals surface area contributed by atoms with Crippen LogP contribution in [0, 0.1) is 2.88 Å². The molecule has 1 N–H and O–H groups in total. The third-order valence-corrected chi connectivity index (χ3v) is 5.44. The minimum atomic E-state index is 0.211. The fourth-order valence-corrected chi connectivity index (χ4v) is 3.77. The van der Waals surface area contributed by atoms with Gasteiger partial charge in [0.2, 0.25) is 0 Å². The summed E-state index contributed by atoms with van der Waals surface area (Å²) in [6.07, 6.45) is 1.15. The lowest BCUT2D eigenvalue weighted by molar-refractivity contribution is 0.584. The predicted octanol–water partition coefficient (Wildman–Crippen LogP) is 5.74. The molecule has 0 aliphatic carbocycles. The highest BCUT2D eigenvalue weighted by molar-refractivity contribution is 14.1. The Labute approximate surface area is 146 Å². The summed E-state index contributed by atoms with van der Waals surface area (Å²) in [4.78, 5) is 0. The highest BCUT2D eigenvalue weighted by Gasteiger charge is 2.17. The van der Waals surface area contributed by atoms with Crippen molar-refractivity contribution in [1.29, 1.82) is 0 Å². The van der Waals surface area contributed by atoms with Gasteiger partial charge in [-0.05, 0) is 69.1 Å². The van der Waals surface area contributed by atoms with E-state index in [0.29, 0.717) is 6.04 Å². The molecule has 1 atom stereocenters. The summed E-state index contributed by atoms with van der Waals surface area (Å²) in [6.45, 7) is 10.0. The average Bonchev–Trinajstić information content (AvgIpc) is 2.85. The van der Waals surface area contributed by atoms with Crippen LogP contribution in [0.3, 0.4) is 0 Å². The summed E-state index contributed by atoms with van der Waals surface area (Å²) < 4.78 is 1.34. The Hall–Kier alpha value is -0.390. The first-order chi connectivity index (χ1) is 9.91. The average molecular weight is 413 g/mol. The van der Waals surface area contributed by atoms with Crippen LogP contribution in [0.25, 0.3) is 0 Å². The van der Waals surface area contributed by atoms with Gasteiger partial charge >= 0.3 is 0 Å². The van der Waals surface area contributed by atoms with Gasteiger partial charge in [-0.15, -0.1) is 11.3 Å². The number of benzene rings is 1. The summed E-state index contributed by atoms with van der Waals surface area (Å²) >= 11 is 4.21. The molecule has 0 fully saturated rings. The van der Waals surface area contributed by atoms with E-state index >= 15 is 0 Å². The number of thiophene rings is 1. The number of nitrogens with one attached hydrogen (secondary N) is 1. The molecule has 0 radical (unpaired) electrons. The van der Waals surface area contributed by atoms with Gasteiger partial charge in [0, 0.05) is 0 Å². The highest BCUT2D eigenvalue weighted by atomic mass is 127. The number of rotatable bonds is 5. The predicted molar refractivity (Wildman–Crippen MR) is 102 cm³/mol. The van der Waals surface area contributed by atoms with Crippen LogP contribution in [-0.4, -0.2) is 6.54 Å². The van der Waals surface area contributed by atoms with Crippen molar-refractivity contribution in [3.8, 4) is 0 Å². The van der Waals surface area contributed by atoms with Gasteiger partial charge < -0.3 is 5.32 Å². The summed E-state index contributed by atoms with van der Waals surface area (Å²) in [6, 6.07) is 11.7. The molecule has 1 unspecified atom stereocenters. The van der Waals surface area contributed by atoms with E-state index in [1.54, 1.807) is 0 Å². The molecule has 1 heterocycles. The van der Waals surface area contributed by atoms with Gasteiger partial charge in [0.05, 0.1) is 8.93 Å². The molecule has 1 nitrogen and oxygen atoms in total. The molecule has 21 heavy (non-hydrogen) atoms. The zero-order valence-corrected chi connectivity index (χ0v) is 16.2. The molecule has 114 valence electrons. The van der Waals surface area contributed by atoms with Crippen molar-refractivity contribution < 1.29 is 0 Å². The third kappa shape index (κ3) is 4.54. The van der Waals surface area contributed by atoms with Crippen LogP contribution in [-0.2, 0) is 5.41 Å². The minimum absolute atomic E-state index is 0.211. The van der Waals surface area contributed by atoms with Crippen molar-refractivity contribution in [3.05, 3.63) is 55.3 Å². The molecule has 0 spiro atoms. The maximum absolute atomic E-state index is 3.68. The lowest BCUT2D eigenvalue weighted by Gasteiger charge is -2.22. The molecule has 0 aliphatic rings. The van der Waals surface area contributed by atoms with Crippen molar-refractivity contribution >= 4 is 33.9 Å². The standard InChI is InChI=1S/C18H24INS/c1-5-10-20-17(14-11-16(19)21-12-14)13-6-8-15(9-7-13)18(2,3)4/h6-9,11-12,17,20H,5,10H2,1-4H3. The fraction of sp³-hybridized carbons (Fsp3) is 0.444. The molecule has 0 saturated carbocycles. The van der Waals surface area contributed by atoms with Gasteiger partial charge in [-0.2, -0.15) is 0 Å². The van der Waals surface area contributed by atoms with Crippen molar-refractivity contribution in [2.75, 3.05) is 6.54 Å². The van der Waals surface area contributed by atoms with Gasteiger partial charge in [0.25, 0.3) is 0 Å². The van der Waals surface area contributed by atoms with E-state index in [2.05, 4.69) is 91.3 Å². The Morgan fingerprint density at radius 1 is 1.14 bits per heavy atom. The second-order valence-electron chi connectivity index (χ2n) is 6.44. The van der Waals surface area contributed by atoms with E-state index in [1.807, 2.05) is 11.3 Å². The minimum Gasteiger partial charge on any atom is -0.306 e. The molecule has 2 aromatic rings. The van der Waals surface area contributed by atoms with Gasteiger partial charge in [-0.25, -0.2) is 0 Å². The molecule has 1 aromatic heterocycles. The topological polar surface area (TPSA) is 12.0 Å². The van der Waals surface area contributed by atoms with Gasteiger partial charge in [-0.1, -0.05) is 52.0 Å². The van der Waals surface area contributed by atoms with Crippen LogP contribution >= 0.6 is 33.9 Å². The van der Waals surface area contributed by atoms with E-state index < -0.39 is 0 Å². The lowest BCUT2D eigenvalue weighted by atomic mass is 9.86. The molecule has 0 saturated heterocycles. The van der Waals surface area contributed by atoms with Crippen LogP contribution in [0.5, 0.6) is 0 Å². The van der Waals surface area contributed by atoms with Gasteiger partial charge in [-0.3, -0.25) is 0 Å². The van der Waals surface area contributed by atoms with Gasteiger partial charge in [0.1, 0.15) is 0 Å². The molecule has 0 bridgehead atoms. The smallest absolute Gasteiger partial charge is 0.0656 e. The first-order valence-corrected chi connectivity index (χ1v) is 9.45. The summed E-state index contributed by atoms with van der Waals surface area (Å²) in [5.41, 5.74) is 4.33. The number of hydrogen-bond donors (Lipinski definition) is 1. The molecule has 0 amide bonds. The van der Waals surface area contributed by atoms with E-state index in [-0.39, 0.29) is 5.41 Å². The van der Waals surface area contributed by atoms with Crippen molar-refractivity contribution in [1.82, 2.24) is 5.32 Å². The Balaban J connectivity index is 2.28. The lowest BCUT2D eigenvalue weighted by Crippen LogP contribution is -2.23. The molecular weight excluding hydrogens is 389 g/mol.